The van der Waals surface area contributed by atoms with Crippen molar-refractivity contribution in [1.29, 1.82) is 0 Å². The van der Waals surface area contributed by atoms with Gasteiger partial charge in [-0.2, -0.15) is 0 Å². The molecule has 0 bridgehead atoms. The SMILES string of the molecule is CC(C)(CO)CCCNC(=O)C1SCCc2ccccc21. The molecule has 0 aliphatic carbocycles. The summed E-state index contributed by atoms with van der Waals surface area (Å²) < 4.78 is 0. The summed E-state index contributed by atoms with van der Waals surface area (Å²) in [6, 6.07) is 8.25. The molecule has 4 heteroatoms. The van der Waals surface area contributed by atoms with Gasteiger partial charge in [0.15, 0.2) is 0 Å². The number of nitrogens with one attached hydrogen (secondary N) is 1. The fourth-order valence-corrected chi connectivity index (χ4v) is 3.78. The molecule has 1 aromatic rings. The lowest BCUT2D eigenvalue weighted by molar-refractivity contribution is -0.120. The minimum absolute atomic E-state index is 0.0586. The largest absolute Gasteiger partial charge is 0.396 e. The summed E-state index contributed by atoms with van der Waals surface area (Å²) in [5.41, 5.74) is 2.41. The monoisotopic (exact) mass is 307 g/mol. The maximum Gasteiger partial charge on any atom is 0.237 e. The summed E-state index contributed by atoms with van der Waals surface area (Å²) in [5.74, 6) is 1.13. The Hall–Kier alpha value is -1.00. The van der Waals surface area contributed by atoms with E-state index < -0.39 is 0 Å². The third-order valence-corrected chi connectivity index (χ3v) is 5.23. The number of benzene rings is 1. The third kappa shape index (κ3) is 4.48. The van der Waals surface area contributed by atoms with Crippen molar-refractivity contribution in [2.75, 3.05) is 18.9 Å². The molecule has 3 nitrogen and oxygen atoms in total. The highest BCUT2D eigenvalue weighted by Gasteiger charge is 2.26. The van der Waals surface area contributed by atoms with E-state index in [9.17, 15) is 9.90 Å². The van der Waals surface area contributed by atoms with Crippen LogP contribution in [0.2, 0.25) is 0 Å². The van der Waals surface area contributed by atoms with Crippen LogP contribution >= 0.6 is 11.8 Å². The quantitative estimate of drug-likeness (QED) is 0.795. The van der Waals surface area contributed by atoms with Gasteiger partial charge in [0.1, 0.15) is 5.25 Å². The second kappa shape index (κ2) is 7.32. The maximum absolute atomic E-state index is 12.4. The van der Waals surface area contributed by atoms with E-state index in [-0.39, 0.29) is 23.2 Å². The van der Waals surface area contributed by atoms with Crippen molar-refractivity contribution >= 4 is 17.7 Å². The summed E-state index contributed by atoms with van der Waals surface area (Å²) >= 11 is 1.73. The van der Waals surface area contributed by atoms with Gasteiger partial charge >= 0.3 is 0 Å². The Kier molecular flexibility index (Phi) is 5.71. The van der Waals surface area contributed by atoms with Gasteiger partial charge in [0.05, 0.1) is 0 Å². The Morgan fingerprint density at radius 3 is 2.95 bits per heavy atom. The normalized spacial score (nSPS) is 18.1. The maximum atomic E-state index is 12.4. The molecule has 0 fully saturated rings. The molecular formula is C17H25NO2S. The molecule has 0 aromatic heterocycles. The average Bonchev–Trinajstić information content (AvgIpc) is 2.51. The van der Waals surface area contributed by atoms with Crippen molar-refractivity contribution in [3.63, 3.8) is 0 Å². The number of aliphatic hydroxyl groups is 1. The standard InChI is InChI=1S/C17H25NO2S/c1-17(2,12-19)9-5-10-18-16(20)15-14-7-4-3-6-13(14)8-11-21-15/h3-4,6-7,15,19H,5,8-12H2,1-2H3,(H,18,20). The number of hydrogen-bond donors (Lipinski definition) is 2. The highest BCUT2D eigenvalue weighted by Crippen LogP contribution is 2.36. The number of aliphatic hydroxyl groups excluding tert-OH is 1. The molecule has 0 saturated carbocycles. The van der Waals surface area contributed by atoms with E-state index in [0.29, 0.717) is 6.54 Å². The summed E-state index contributed by atoms with van der Waals surface area (Å²) in [6.45, 7) is 4.96. The summed E-state index contributed by atoms with van der Waals surface area (Å²) in [7, 11) is 0. The summed E-state index contributed by atoms with van der Waals surface area (Å²) in [4.78, 5) is 12.4. The number of aryl methyl sites for hydroxylation is 1. The fraction of sp³-hybridized carbons (Fsp3) is 0.588. The summed E-state index contributed by atoms with van der Waals surface area (Å²) in [6.07, 6.45) is 2.87. The smallest absolute Gasteiger partial charge is 0.237 e. The third-order valence-electron chi connectivity index (χ3n) is 3.99. The minimum atomic E-state index is -0.0687. The Labute approximate surface area is 131 Å². The first kappa shape index (κ1) is 16.4. The summed E-state index contributed by atoms with van der Waals surface area (Å²) in [5, 5.41) is 12.2. The second-order valence-electron chi connectivity index (χ2n) is 6.42. The van der Waals surface area contributed by atoms with E-state index in [4.69, 9.17) is 0 Å². The van der Waals surface area contributed by atoms with Crippen LogP contribution in [0.1, 0.15) is 43.1 Å². The van der Waals surface area contributed by atoms with Crippen LogP contribution in [0.3, 0.4) is 0 Å². The van der Waals surface area contributed by atoms with Gasteiger partial charge in [-0.3, -0.25) is 4.79 Å². The van der Waals surface area contributed by atoms with Gasteiger partial charge in [0.25, 0.3) is 0 Å². The highest BCUT2D eigenvalue weighted by atomic mass is 32.2. The predicted octanol–water partition coefficient (Wildman–Crippen LogP) is 2.93. The molecule has 0 spiro atoms. The van der Waals surface area contributed by atoms with Crippen LogP contribution in [0.15, 0.2) is 24.3 Å². The molecule has 116 valence electrons. The van der Waals surface area contributed by atoms with Gasteiger partial charge in [-0.15, -0.1) is 11.8 Å². The molecule has 1 heterocycles. The van der Waals surface area contributed by atoms with Gasteiger partial charge in [0.2, 0.25) is 5.91 Å². The van der Waals surface area contributed by atoms with E-state index >= 15 is 0 Å². The molecule has 1 aliphatic rings. The number of amides is 1. The van der Waals surface area contributed by atoms with Gasteiger partial charge < -0.3 is 10.4 Å². The highest BCUT2D eigenvalue weighted by molar-refractivity contribution is 8.00. The van der Waals surface area contributed by atoms with Crippen molar-refractivity contribution < 1.29 is 9.90 Å². The molecular weight excluding hydrogens is 282 g/mol. The average molecular weight is 307 g/mol. The van der Waals surface area contributed by atoms with Crippen molar-refractivity contribution in [1.82, 2.24) is 5.32 Å². The van der Waals surface area contributed by atoms with Gasteiger partial charge in [0, 0.05) is 13.2 Å². The number of thioether (sulfide) groups is 1. The zero-order valence-corrected chi connectivity index (χ0v) is 13.7. The Bertz CT molecular complexity index is 487. The molecule has 1 aromatic carbocycles. The zero-order chi connectivity index (χ0) is 15.3. The predicted molar refractivity (Wildman–Crippen MR) is 88.5 cm³/mol. The lowest BCUT2D eigenvalue weighted by Gasteiger charge is -2.25. The topological polar surface area (TPSA) is 49.3 Å². The molecule has 1 aliphatic heterocycles. The molecule has 2 N–H and O–H groups in total. The molecule has 1 atom stereocenters. The van der Waals surface area contributed by atoms with Crippen LogP contribution in [-0.4, -0.2) is 29.9 Å². The lowest BCUT2D eigenvalue weighted by atomic mass is 9.89. The van der Waals surface area contributed by atoms with E-state index in [2.05, 4.69) is 17.4 Å². The van der Waals surface area contributed by atoms with E-state index in [0.717, 1.165) is 25.0 Å². The Morgan fingerprint density at radius 1 is 1.43 bits per heavy atom. The first-order chi connectivity index (χ1) is 10.0. The number of rotatable bonds is 6. The van der Waals surface area contributed by atoms with Crippen molar-refractivity contribution in [3.8, 4) is 0 Å². The van der Waals surface area contributed by atoms with Crippen LogP contribution in [0.4, 0.5) is 0 Å². The molecule has 0 saturated heterocycles. The molecule has 1 amide bonds. The Morgan fingerprint density at radius 2 is 2.19 bits per heavy atom. The second-order valence-corrected chi connectivity index (χ2v) is 7.63. The van der Waals surface area contributed by atoms with E-state index in [1.807, 2.05) is 26.0 Å². The van der Waals surface area contributed by atoms with Crippen LogP contribution in [0.5, 0.6) is 0 Å². The molecule has 21 heavy (non-hydrogen) atoms. The Balaban J connectivity index is 1.85. The molecule has 1 unspecified atom stereocenters. The number of fused-ring (bicyclic) bond motifs is 1. The fourth-order valence-electron chi connectivity index (χ4n) is 2.56. The molecule has 2 rings (SSSR count). The van der Waals surface area contributed by atoms with Crippen LogP contribution < -0.4 is 5.32 Å². The number of carbonyl (C=O) groups is 1. The number of carbonyl (C=O) groups excluding carboxylic acids is 1. The minimum Gasteiger partial charge on any atom is -0.396 e. The van der Waals surface area contributed by atoms with Crippen molar-refractivity contribution in [2.45, 2.75) is 38.4 Å². The first-order valence-corrected chi connectivity index (χ1v) is 8.66. The lowest BCUT2D eigenvalue weighted by Crippen LogP contribution is -2.31. The van der Waals surface area contributed by atoms with Crippen molar-refractivity contribution in [2.24, 2.45) is 5.41 Å². The zero-order valence-electron chi connectivity index (χ0n) is 12.9. The van der Waals surface area contributed by atoms with Crippen LogP contribution in [-0.2, 0) is 11.2 Å². The van der Waals surface area contributed by atoms with Crippen molar-refractivity contribution in [3.05, 3.63) is 35.4 Å². The van der Waals surface area contributed by atoms with Crippen LogP contribution in [0.25, 0.3) is 0 Å². The van der Waals surface area contributed by atoms with Gasteiger partial charge in [-0.05, 0) is 41.6 Å². The molecule has 0 radical (unpaired) electrons. The van der Waals surface area contributed by atoms with Gasteiger partial charge in [-0.1, -0.05) is 38.1 Å². The van der Waals surface area contributed by atoms with E-state index in [1.165, 1.54) is 11.1 Å². The van der Waals surface area contributed by atoms with Gasteiger partial charge in [-0.25, -0.2) is 0 Å². The first-order valence-electron chi connectivity index (χ1n) is 7.61. The number of hydrogen-bond acceptors (Lipinski definition) is 3. The van der Waals surface area contributed by atoms with Crippen LogP contribution in [0, 0.1) is 5.41 Å². The van der Waals surface area contributed by atoms with E-state index in [1.54, 1.807) is 11.8 Å².